The smallest absolute Gasteiger partial charge is 0.239 e. The van der Waals surface area contributed by atoms with Crippen LogP contribution in [-0.2, 0) is 4.79 Å². The Kier molecular flexibility index (Phi) is 7.16. The molecule has 0 bridgehead atoms. The number of nitrogens with zero attached hydrogens (tertiary/aromatic N) is 1. The van der Waals surface area contributed by atoms with Gasteiger partial charge in [0.15, 0.2) is 0 Å². The molecule has 4 heteroatoms. The van der Waals surface area contributed by atoms with E-state index in [-0.39, 0.29) is 24.4 Å². The summed E-state index contributed by atoms with van der Waals surface area (Å²) in [6.45, 7) is 2.73. The van der Waals surface area contributed by atoms with Gasteiger partial charge in [-0.25, -0.2) is 0 Å². The van der Waals surface area contributed by atoms with Gasteiger partial charge in [-0.3, -0.25) is 4.79 Å². The van der Waals surface area contributed by atoms with Crippen LogP contribution in [0, 0.1) is 5.92 Å². The van der Waals surface area contributed by atoms with Crippen LogP contribution in [0.3, 0.4) is 0 Å². The molecule has 3 nitrogen and oxygen atoms in total. The van der Waals surface area contributed by atoms with Gasteiger partial charge in [0.25, 0.3) is 0 Å². The van der Waals surface area contributed by atoms with Gasteiger partial charge in [-0.2, -0.15) is 0 Å². The lowest BCUT2D eigenvalue weighted by molar-refractivity contribution is -0.133. The van der Waals surface area contributed by atoms with Gasteiger partial charge in [-0.05, 0) is 38.5 Å². The summed E-state index contributed by atoms with van der Waals surface area (Å²) in [5, 5.41) is 0. The number of carbonyl (C=O) groups is 1. The van der Waals surface area contributed by atoms with Crippen LogP contribution in [0.1, 0.15) is 64.7 Å². The molecular weight excluding hydrogens is 260 g/mol. The summed E-state index contributed by atoms with van der Waals surface area (Å²) in [7, 11) is 0. The Morgan fingerprint density at radius 1 is 1.16 bits per heavy atom. The highest BCUT2D eigenvalue weighted by atomic mass is 35.5. The van der Waals surface area contributed by atoms with Gasteiger partial charge in [-0.15, -0.1) is 12.4 Å². The molecule has 1 aliphatic carbocycles. The van der Waals surface area contributed by atoms with E-state index in [1.54, 1.807) is 6.92 Å². The van der Waals surface area contributed by atoms with Crippen LogP contribution in [0.2, 0.25) is 0 Å². The predicted molar refractivity (Wildman–Crippen MR) is 81.4 cm³/mol. The summed E-state index contributed by atoms with van der Waals surface area (Å²) in [5.74, 6) is 1.08. The molecule has 0 aromatic carbocycles. The van der Waals surface area contributed by atoms with Crippen molar-refractivity contribution in [1.82, 2.24) is 4.90 Å². The standard InChI is InChI=1S/C15H28N2O.ClH/c1-12(16)15(18)17-11-5-8-14(17)10-9-13-6-3-2-4-7-13;/h12-14H,2-11,16H2,1H3;1H. The Labute approximate surface area is 123 Å². The third-order valence-corrected chi connectivity index (χ3v) is 4.68. The first kappa shape index (κ1) is 16.8. The van der Waals surface area contributed by atoms with Gasteiger partial charge < -0.3 is 10.6 Å². The average molecular weight is 289 g/mol. The Balaban J connectivity index is 0.00000180. The SMILES string of the molecule is CC(N)C(=O)N1CCCC1CCC1CCCCC1.Cl. The van der Waals surface area contributed by atoms with Crippen molar-refractivity contribution in [2.45, 2.75) is 76.8 Å². The van der Waals surface area contributed by atoms with Crippen molar-refractivity contribution in [3.8, 4) is 0 Å². The lowest BCUT2D eigenvalue weighted by atomic mass is 9.85. The number of hydrogen-bond donors (Lipinski definition) is 1. The van der Waals surface area contributed by atoms with E-state index in [9.17, 15) is 4.79 Å². The van der Waals surface area contributed by atoms with Crippen molar-refractivity contribution >= 4 is 18.3 Å². The fourth-order valence-electron chi connectivity index (χ4n) is 3.59. The predicted octanol–water partition coefficient (Wildman–Crippen LogP) is 3.11. The zero-order chi connectivity index (χ0) is 13.0. The van der Waals surface area contributed by atoms with E-state index >= 15 is 0 Å². The Morgan fingerprint density at radius 3 is 2.47 bits per heavy atom. The van der Waals surface area contributed by atoms with Gasteiger partial charge in [0.2, 0.25) is 5.91 Å². The van der Waals surface area contributed by atoms with Crippen LogP contribution < -0.4 is 5.73 Å². The lowest BCUT2D eigenvalue weighted by Crippen LogP contribution is -2.44. The molecule has 19 heavy (non-hydrogen) atoms. The molecule has 2 fully saturated rings. The fourth-order valence-corrected chi connectivity index (χ4v) is 3.59. The summed E-state index contributed by atoms with van der Waals surface area (Å²) in [6.07, 6.45) is 11.9. The molecule has 1 aliphatic heterocycles. The lowest BCUT2D eigenvalue weighted by Gasteiger charge is -2.28. The second kappa shape index (κ2) is 8.11. The van der Waals surface area contributed by atoms with Crippen LogP contribution >= 0.6 is 12.4 Å². The number of amides is 1. The summed E-state index contributed by atoms with van der Waals surface area (Å²) in [4.78, 5) is 14.1. The van der Waals surface area contributed by atoms with Gasteiger partial charge in [0, 0.05) is 12.6 Å². The van der Waals surface area contributed by atoms with E-state index in [1.807, 2.05) is 4.90 Å². The molecule has 1 saturated carbocycles. The maximum atomic E-state index is 12.0. The molecule has 112 valence electrons. The fraction of sp³-hybridized carbons (Fsp3) is 0.933. The van der Waals surface area contributed by atoms with E-state index in [0.29, 0.717) is 6.04 Å². The highest BCUT2D eigenvalue weighted by molar-refractivity contribution is 5.85. The number of carbonyl (C=O) groups excluding carboxylic acids is 1. The molecule has 2 N–H and O–H groups in total. The maximum absolute atomic E-state index is 12.0. The van der Waals surface area contributed by atoms with Crippen LogP contribution in [0.4, 0.5) is 0 Å². The van der Waals surface area contributed by atoms with Crippen LogP contribution in [-0.4, -0.2) is 29.4 Å². The third kappa shape index (κ3) is 4.64. The summed E-state index contributed by atoms with van der Waals surface area (Å²) in [6, 6.07) is 0.144. The third-order valence-electron chi connectivity index (χ3n) is 4.68. The van der Waals surface area contributed by atoms with Crippen LogP contribution in [0.25, 0.3) is 0 Å². The van der Waals surface area contributed by atoms with Gasteiger partial charge in [0.1, 0.15) is 0 Å². The topological polar surface area (TPSA) is 46.3 Å². The minimum atomic E-state index is -0.333. The molecular formula is C15H29ClN2O. The average Bonchev–Trinajstić information content (AvgIpc) is 2.84. The molecule has 0 spiro atoms. The van der Waals surface area contributed by atoms with Crippen LogP contribution in [0.15, 0.2) is 0 Å². The summed E-state index contributed by atoms with van der Waals surface area (Å²) in [5.41, 5.74) is 5.73. The normalized spacial score (nSPS) is 26.0. The van der Waals surface area contributed by atoms with Crippen LogP contribution in [0.5, 0.6) is 0 Å². The van der Waals surface area contributed by atoms with Gasteiger partial charge in [0.05, 0.1) is 6.04 Å². The quantitative estimate of drug-likeness (QED) is 0.864. The molecule has 2 rings (SSSR count). The first-order valence-electron chi connectivity index (χ1n) is 7.74. The van der Waals surface area contributed by atoms with E-state index in [2.05, 4.69) is 0 Å². The number of rotatable bonds is 4. The maximum Gasteiger partial charge on any atom is 0.239 e. The molecule has 1 amide bonds. The van der Waals surface area contributed by atoms with Crippen molar-refractivity contribution in [2.24, 2.45) is 11.7 Å². The van der Waals surface area contributed by atoms with E-state index in [4.69, 9.17) is 5.73 Å². The van der Waals surface area contributed by atoms with Crippen molar-refractivity contribution in [3.63, 3.8) is 0 Å². The minimum absolute atomic E-state index is 0. The van der Waals surface area contributed by atoms with Crippen molar-refractivity contribution < 1.29 is 4.79 Å². The van der Waals surface area contributed by atoms with Crippen molar-refractivity contribution in [2.75, 3.05) is 6.54 Å². The second-order valence-corrected chi connectivity index (χ2v) is 6.20. The van der Waals surface area contributed by atoms with E-state index in [1.165, 1.54) is 51.4 Å². The van der Waals surface area contributed by atoms with Crippen molar-refractivity contribution in [3.05, 3.63) is 0 Å². The van der Waals surface area contributed by atoms with E-state index < -0.39 is 0 Å². The number of halogens is 1. The first-order chi connectivity index (χ1) is 8.68. The van der Waals surface area contributed by atoms with Gasteiger partial charge in [-0.1, -0.05) is 32.1 Å². The molecule has 0 radical (unpaired) electrons. The number of hydrogen-bond acceptors (Lipinski definition) is 2. The second-order valence-electron chi connectivity index (χ2n) is 6.20. The first-order valence-corrected chi connectivity index (χ1v) is 7.74. The molecule has 2 atom stereocenters. The zero-order valence-electron chi connectivity index (χ0n) is 12.1. The summed E-state index contributed by atoms with van der Waals surface area (Å²) >= 11 is 0. The molecule has 0 aromatic rings. The highest BCUT2D eigenvalue weighted by Gasteiger charge is 2.30. The zero-order valence-corrected chi connectivity index (χ0v) is 13.0. The summed E-state index contributed by atoms with van der Waals surface area (Å²) < 4.78 is 0. The Hall–Kier alpha value is -0.280. The number of likely N-dealkylation sites (tertiary alicyclic amines) is 1. The molecule has 1 saturated heterocycles. The van der Waals surface area contributed by atoms with E-state index in [0.717, 1.165) is 18.9 Å². The van der Waals surface area contributed by atoms with Crippen molar-refractivity contribution in [1.29, 1.82) is 0 Å². The highest BCUT2D eigenvalue weighted by Crippen LogP contribution is 2.30. The minimum Gasteiger partial charge on any atom is -0.338 e. The molecule has 2 aliphatic rings. The largest absolute Gasteiger partial charge is 0.338 e. The Bertz CT molecular complexity index is 277. The monoisotopic (exact) mass is 288 g/mol. The number of nitrogens with two attached hydrogens (primary N) is 1. The molecule has 2 unspecified atom stereocenters. The van der Waals surface area contributed by atoms with Gasteiger partial charge >= 0.3 is 0 Å². The molecule has 0 aromatic heterocycles. The Morgan fingerprint density at radius 2 is 1.84 bits per heavy atom. The molecule has 1 heterocycles.